The number of likely N-dealkylation sites (tertiary alicyclic amines) is 1. The van der Waals surface area contributed by atoms with Crippen LogP contribution in [0, 0.1) is 0 Å². The fourth-order valence-electron chi connectivity index (χ4n) is 2.62. The van der Waals surface area contributed by atoms with E-state index in [1.54, 1.807) is 0 Å². The van der Waals surface area contributed by atoms with E-state index in [9.17, 15) is 23.4 Å². The summed E-state index contributed by atoms with van der Waals surface area (Å²) in [5, 5.41) is 19.1. The van der Waals surface area contributed by atoms with Crippen molar-refractivity contribution in [3.8, 4) is 5.75 Å². The molecule has 1 aromatic rings. The third-order valence-corrected chi connectivity index (χ3v) is 3.76. The van der Waals surface area contributed by atoms with Crippen LogP contribution in [0.1, 0.15) is 18.4 Å². The highest BCUT2D eigenvalue weighted by Gasteiger charge is 2.30. The molecule has 2 N–H and O–H groups in total. The highest BCUT2D eigenvalue weighted by molar-refractivity contribution is 5.30. The summed E-state index contributed by atoms with van der Waals surface area (Å²) in [7, 11) is 0. The van der Waals surface area contributed by atoms with Gasteiger partial charge in [-0.15, -0.1) is 0 Å². The maximum atomic E-state index is 12.6. The molecule has 2 rings (SSSR count). The van der Waals surface area contributed by atoms with Crippen molar-refractivity contribution in [1.82, 2.24) is 4.90 Å². The molecule has 7 heteroatoms. The van der Waals surface area contributed by atoms with Gasteiger partial charge in [0, 0.05) is 12.6 Å². The molecule has 1 heterocycles. The molecule has 0 saturated carbocycles. The minimum atomic E-state index is -4.41. The number of ether oxygens (including phenoxy) is 1. The molecule has 0 aromatic heterocycles. The van der Waals surface area contributed by atoms with Crippen molar-refractivity contribution in [3.05, 3.63) is 29.8 Å². The lowest BCUT2D eigenvalue weighted by Crippen LogP contribution is -2.40. The van der Waals surface area contributed by atoms with E-state index in [1.165, 1.54) is 12.1 Å². The Morgan fingerprint density at radius 3 is 2.82 bits per heavy atom. The van der Waals surface area contributed by atoms with Gasteiger partial charge in [0.25, 0.3) is 0 Å². The van der Waals surface area contributed by atoms with Crippen molar-refractivity contribution >= 4 is 0 Å². The quantitative estimate of drug-likeness (QED) is 0.841. The fraction of sp³-hybridized carbons (Fsp3) is 0.600. The summed E-state index contributed by atoms with van der Waals surface area (Å²) >= 11 is 0. The van der Waals surface area contributed by atoms with Gasteiger partial charge in [0.1, 0.15) is 18.5 Å². The zero-order valence-electron chi connectivity index (χ0n) is 12.1. The molecule has 0 amide bonds. The second kappa shape index (κ2) is 7.30. The Labute approximate surface area is 127 Å². The van der Waals surface area contributed by atoms with Gasteiger partial charge in [-0.05, 0) is 37.6 Å². The van der Waals surface area contributed by atoms with Gasteiger partial charge in [-0.25, -0.2) is 0 Å². The minimum absolute atomic E-state index is 0.0429. The van der Waals surface area contributed by atoms with Gasteiger partial charge in [0.15, 0.2) is 0 Å². The lowest BCUT2D eigenvalue weighted by Gasteiger charge is -2.25. The normalized spacial score (nSPS) is 21.0. The van der Waals surface area contributed by atoms with Gasteiger partial charge in [-0.3, -0.25) is 4.90 Å². The number of nitrogens with zero attached hydrogens (tertiary/aromatic N) is 1. The number of β-amino-alcohol motifs (C(OH)–C–C–N with tert-alkyl or cyclic N) is 1. The van der Waals surface area contributed by atoms with Crippen LogP contribution in [0.15, 0.2) is 24.3 Å². The van der Waals surface area contributed by atoms with Crippen molar-refractivity contribution in [2.75, 3.05) is 26.3 Å². The summed E-state index contributed by atoms with van der Waals surface area (Å²) in [5.41, 5.74) is -0.778. The third-order valence-electron chi connectivity index (χ3n) is 3.76. The predicted molar refractivity (Wildman–Crippen MR) is 74.6 cm³/mol. The van der Waals surface area contributed by atoms with Crippen LogP contribution in [0.3, 0.4) is 0 Å². The smallest absolute Gasteiger partial charge is 0.416 e. The molecular weight excluding hydrogens is 299 g/mol. The SMILES string of the molecule is OCC1CCCN1CC(O)COc1cccc(C(F)(F)F)c1. The summed E-state index contributed by atoms with van der Waals surface area (Å²) in [6.45, 7) is 1.09. The number of aliphatic hydroxyl groups is 2. The Morgan fingerprint density at radius 1 is 1.36 bits per heavy atom. The van der Waals surface area contributed by atoms with Gasteiger partial charge in [-0.2, -0.15) is 13.2 Å². The van der Waals surface area contributed by atoms with Gasteiger partial charge < -0.3 is 14.9 Å². The van der Waals surface area contributed by atoms with Crippen molar-refractivity contribution < 1.29 is 28.1 Å². The molecule has 2 atom stereocenters. The molecule has 1 saturated heterocycles. The molecule has 0 spiro atoms. The van der Waals surface area contributed by atoms with Crippen LogP contribution in [0.5, 0.6) is 5.75 Å². The van der Waals surface area contributed by atoms with E-state index in [-0.39, 0.29) is 25.0 Å². The van der Waals surface area contributed by atoms with E-state index >= 15 is 0 Å². The average Bonchev–Trinajstić information content (AvgIpc) is 2.91. The number of hydrogen-bond donors (Lipinski definition) is 2. The van der Waals surface area contributed by atoms with Crippen LogP contribution in [0.25, 0.3) is 0 Å². The van der Waals surface area contributed by atoms with Gasteiger partial charge in [-0.1, -0.05) is 6.07 Å². The van der Waals surface area contributed by atoms with Gasteiger partial charge in [0.2, 0.25) is 0 Å². The predicted octanol–water partition coefficient (Wildman–Crippen LogP) is 1.90. The Bertz CT molecular complexity index is 481. The Hall–Kier alpha value is -1.31. The minimum Gasteiger partial charge on any atom is -0.491 e. The van der Waals surface area contributed by atoms with Crippen molar-refractivity contribution in [1.29, 1.82) is 0 Å². The summed E-state index contributed by atoms with van der Waals surface area (Å²) in [6.07, 6.45) is -3.38. The summed E-state index contributed by atoms with van der Waals surface area (Å²) in [5.74, 6) is 0.0778. The van der Waals surface area contributed by atoms with Crippen molar-refractivity contribution in [3.63, 3.8) is 0 Å². The highest BCUT2D eigenvalue weighted by Crippen LogP contribution is 2.31. The Morgan fingerprint density at radius 2 is 2.14 bits per heavy atom. The van der Waals surface area contributed by atoms with E-state index in [1.807, 2.05) is 4.90 Å². The molecule has 1 fully saturated rings. The number of aliphatic hydroxyl groups excluding tert-OH is 2. The second-order valence-electron chi connectivity index (χ2n) is 5.46. The molecule has 124 valence electrons. The summed E-state index contributed by atoms with van der Waals surface area (Å²) < 4.78 is 43.0. The summed E-state index contributed by atoms with van der Waals surface area (Å²) in [4.78, 5) is 1.97. The number of alkyl halides is 3. The lowest BCUT2D eigenvalue weighted by molar-refractivity contribution is -0.137. The first-order valence-electron chi connectivity index (χ1n) is 7.23. The number of rotatable bonds is 6. The summed E-state index contributed by atoms with van der Waals surface area (Å²) in [6, 6.07) is 4.63. The second-order valence-corrected chi connectivity index (χ2v) is 5.46. The standard InChI is InChI=1S/C15H20F3NO3/c16-15(17,18)11-3-1-5-14(7-11)22-10-13(21)8-19-6-2-4-12(19)9-20/h1,3,5,7,12-13,20-21H,2,4,6,8-10H2. The number of hydrogen-bond acceptors (Lipinski definition) is 4. The molecule has 1 aliphatic rings. The monoisotopic (exact) mass is 319 g/mol. The highest BCUT2D eigenvalue weighted by atomic mass is 19.4. The van der Waals surface area contributed by atoms with E-state index in [2.05, 4.69) is 0 Å². The van der Waals surface area contributed by atoms with E-state index < -0.39 is 17.8 Å². The number of halogens is 3. The molecular formula is C15H20F3NO3. The third kappa shape index (κ3) is 4.59. The van der Waals surface area contributed by atoms with E-state index in [0.717, 1.165) is 31.5 Å². The molecule has 1 aliphatic heterocycles. The Balaban J connectivity index is 1.85. The molecule has 0 radical (unpaired) electrons. The van der Waals surface area contributed by atoms with Crippen LogP contribution >= 0.6 is 0 Å². The molecule has 4 nitrogen and oxygen atoms in total. The van der Waals surface area contributed by atoms with Crippen LogP contribution in [0.4, 0.5) is 13.2 Å². The van der Waals surface area contributed by atoms with Crippen LogP contribution < -0.4 is 4.74 Å². The first-order chi connectivity index (χ1) is 10.4. The molecule has 1 aromatic carbocycles. The zero-order valence-corrected chi connectivity index (χ0v) is 12.1. The lowest BCUT2D eigenvalue weighted by atomic mass is 10.2. The topological polar surface area (TPSA) is 52.9 Å². The molecule has 22 heavy (non-hydrogen) atoms. The largest absolute Gasteiger partial charge is 0.491 e. The van der Waals surface area contributed by atoms with E-state index in [0.29, 0.717) is 6.54 Å². The van der Waals surface area contributed by atoms with Crippen LogP contribution in [-0.2, 0) is 6.18 Å². The zero-order chi connectivity index (χ0) is 16.2. The van der Waals surface area contributed by atoms with Gasteiger partial charge >= 0.3 is 6.18 Å². The average molecular weight is 319 g/mol. The van der Waals surface area contributed by atoms with Gasteiger partial charge in [0.05, 0.1) is 12.2 Å². The van der Waals surface area contributed by atoms with Crippen molar-refractivity contribution in [2.24, 2.45) is 0 Å². The first kappa shape index (κ1) is 17.1. The molecule has 0 bridgehead atoms. The van der Waals surface area contributed by atoms with E-state index in [4.69, 9.17) is 4.74 Å². The van der Waals surface area contributed by atoms with Crippen LogP contribution in [0.2, 0.25) is 0 Å². The maximum Gasteiger partial charge on any atom is 0.416 e. The molecule has 2 unspecified atom stereocenters. The first-order valence-corrected chi connectivity index (χ1v) is 7.23. The maximum absolute atomic E-state index is 12.6. The Kier molecular flexibility index (Phi) is 5.66. The molecule has 0 aliphatic carbocycles. The fourth-order valence-corrected chi connectivity index (χ4v) is 2.62. The number of benzene rings is 1. The van der Waals surface area contributed by atoms with Crippen LogP contribution in [-0.4, -0.2) is 53.6 Å². The van der Waals surface area contributed by atoms with Crippen molar-refractivity contribution in [2.45, 2.75) is 31.2 Å².